The van der Waals surface area contributed by atoms with E-state index in [2.05, 4.69) is 35.6 Å². The number of nitrogens with zero attached hydrogens (tertiary/aromatic N) is 4. The zero-order valence-corrected chi connectivity index (χ0v) is 26.1. The molecule has 2 aromatic carbocycles. The lowest BCUT2D eigenvalue weighted by atomic mass is 9.94. The van der Waals surface area contributed by atoms with Crippen LogP contribution >= 0.6 is 0 Å². The third-order valence-electron chi connectivity index (χ3n) is 8.89. The first-order valence-electron chi connectivity index (χ1n) is 15.8. The minimum absolute atomic E-state index is 0.113. The Morgan fingerprint density at radius 1 is 1.10 bits per heavy atom. The number of hydrogen-bond donors (Lipinski definition) is 3. The molecule has 2 saturated heterocycles. The van der Waals surface area contributed by atoms with Crippen LogP contribution in [0.5, 0.6) is 11.5 Å². The van der Waals surface area contributed by atoms with Crippen LogP contribution in [0.25, 0.3) is 16.9 Å². The van der Waals surface area contributed by atoms with Crippen molar-refractivity contribution in [2.75, 3.05) is 44.6 Å². The lowest BCUT2D eigenvalue weighted by molar-refractivity contribution is -0.120. The molecular formula is C33H35F4N7O4. The molecule has 2 aromatic heterocycles. The fourth-order valence-corrected chi connectivity index (χ4v) is 6.27. The van der Waals surface area contributed by atoms with Gasteiger partial charge in [0, 0.05) is 55.3 Å². The molecule has 15 heteroatoms. The number of piperidine rings is 1. The first kappa shape index (κ1) is 33.2. The van der Waals surface area contributed by atoms with Gasteiger partial charge in [-0.3, -0.25) is 14.0 Å². The lowest BCUT2D eigenvalue weighted by Gasteiger charge is -2.37. The van der Waals surface area contributed by atoms with Crippen molar-refractivity contribution in [3.8, 4) is 22.8 Å². The summed E-state index contributed by atoms with van der Waals surface area (Å²) in [6.07, 6.45) is 6.53. The predicted molar refractivity (Wildman–Crippen MR) is 169 cm³/mol. The minimum Gasteiger partial charge on any atom is -0.432 e. The van der Waals surface area contributed by atoms with Gasteiger partial charge in [-0.1, -0.05) is 6.92 Å². The molecule has 0 spiro atoms. The van der Waals surface area contributed by atoms with Crippen molar-refractivity contribution in [1.29, 1.82) is 0 Å². The number of imidazole rings is 1. The third-order valence-corrected chi connectivity index (χ3v) is 8.89. The van der Waals surface area contributed by atoms with Crippen LogP contribution in [0.2, 0.25) is 0 Å². The smallest absolute Gasteiger partial charge is 0.387 e. The van der Waals surface area contributed by atoms with Crippen LogP contribution in [0, 0.1) is 23.5 Å². The second-order valence-corrected chi connectivity index (χ2v) is 11.9. The maximum atomic E-state index is 14.9. The van der Waals surface area contributed by atoms with E-state index >= 15 is 0 Å². The van der Waals surface area contributed by atoms with E-state index in [-0.39, 0.29) is 40.9 Å². The molecular weight excluding hydrogens is 634 g/mol. The van der Waals surface area contributed by atoms with Gasteiger partial charge in [0.05, 0.1) is 17.6 Å². The van der Waals surface area contributed by atoms with Crippen LogP contribution in [0.1, 0.15) is 35.7 Å². The van der Waals surface area contributed by atoms with E-state index < -0.39 is 24.0 Å². The van der Waals surface area contributed by atoms with E-state index in [4.69, 9.17) is 4.74 Å². The number of amides is 1. The number of aromatic nitrogens is 3. The summed E-state index contributed by atoms with van der Waals surface area (Å²) < 4.78 is 65.5. The summed E-state index contributed by atoms with van der Waals surface area (Å²) in [6.45, 7) is 4.65. The van der Waals surface area contributed by atoms with E-state index in [1.165, 1.54) is 23.0 Å². The first-order chi connectivity index (χ1) is 23.3. The number of alkyl halides is 2. The van der Waals surface area contributed by atoms with Gasteiger partial charge in [0.2, 0.25) is 5.82 Å². The van der Waals surface area contributed by atoms with Gasteiger partial charge in [-0.2, -0.15) is 13.2 Å². The monoisotopic (exact) mass is 669 g/mol. The number of fused-ring (bicyclic) bond motifs is 1. The van der Waals surface area contributed by atoms with E-state index in [1.54, 1.807) is 12.1 Å². The van der Waals surface area contributed by atoms with Gasteiger partial charge in [-0.15, -0.1) is 0 Å². The molecule has 4 aromatic rings. The van der Waals surface area contributed by atoms with Crippen LogP contribution in [-0.4, -0.2) is 77.5 Å². The average molecular weight is 670 g/mol. The van der Waals surface area contributed by atoms with Crippen molar-refractivity contribution in [2.45, 2.75) is 32.8 Å². The van der Waals surface area contributed by atoms with Gasteiger partial charge in [-0.05, 0) is 68.5 Å². The number of hydrogen-bond acceptors (Lipinski definition) is 9. The number of rotatable bonds is 13. The molecule has 2 aliphatic rings. The zero-order valence-electron chi connectivity index (χ0n) is 26.1. The quantitative estimate of drug-likeness (QED) is 0.136. The second-order valence-electron chi connectivity index (χ2n) is 11.9. The fourth-order valence-electron chi connectivity index (χ4n) is 6.27. The van der Waals surface area contributed by atoms with Gasteiger partial charge in [0.1, 0.15) is 0 Å². The van der Waals surface area contributed by atoms with Crippen LogP contribution in [0.4, 0.5) is 29.1 Å². The standard InChI is InChI=1S/C33H35F4N7O4/c1-2-21-22(32(46)41-15-19-7-10-43(11-8-19)17-20-13-38-14-20)3-5-24(29(21)47-18-45)42-30-31-40-16-25(44(31)12-9-39-30)23-4-6-26(48-33(36)37)28(35)27(23)34/h3-6,9,12,16,18-20,33,38H,2,7-8,10-11,13-15,17H2,1H3,(H,39,42)(H,41,46). The number of ether oxygens (including phenoxy) is 2. The molecule has 1 amide bonds. The highest BCUT2D eigenvalue weighted by atomic mass is 19.3. The van der Waals surface area contributed by atoms with Crippen molar-refractivity contribution in [3.63, 3.8) is 0 Å². The van der Waals surface area contributed by atoms with E-state index in [0.29, 0.717) is 35.7 Å². The Bertz CT molecular complexity index is 1790. The Morgan fingerprint density at radius 2 is 1.90 bits per heavy atom. The largest absolute Gasteiger partial charge is 0.432 e. The Kier molecular flexibility index (Phi) is 10.1. The van der Waals surface area contributed by atoms with Crippen molar-refractivity contribution in [2.24, 2.45) is 11.8 Å². The lowest BCUT2D eigenvalue weighted by Crippen LogP contribution is -2.50. The minimum atomic E-state index is -3.32. The maximum Gasteiger partial charge on any atom is 0.387 e. The molecule has 254 valence electrons. The number of anilines is 2. The van der Waals surface area contributed by atoms with Crippen molar-refractivity contribution in [1.82, 2.24) is 29.9 Å². The van der Waals surface area contributed by atoms with Crippen LogP contribution in [0.3, 0.4) is 0 Å². The highest BCUT2D eigenvalue weighted by Crippen LogP contribution is 2.36. The Balaban J connectivity index is 1.20. The number of likely N-dealkylation sites (tertiary alicyclic amines) is 1. The highest BCUT2D eigenvalue weighted by Gasteiger charge is 2.26. The third kappa shape index (κ3) is 6.92. The van der Waals surface area contributed by atoms with Crippen LogP contribution in [-0.2, 0) is 11.2 Å². The predicted octanol–water partition coefficient (Wildman–Crippen LogP) is 4.78. The molecule has 4 heterocycles. The van der Waals surface area contributed by atoms with E-state index in [0.717, 1.165) is 63.6 Å². The zero-order chi connectivity index (χ0) is 33.8. The number of benzene rings is 2. The van der Waals surface area contributed by atoms with Gasteiger partial charge in [-0.25, -0.2) is 14.4 Å². The summed E-state index contributed by atoms with van der Waals surface area (Å²) in [4.78, 5) is 36.1. The molecule has 48 heavy (non-hydrogen) atoms. The molecule has 0 atom stereocenters. The van der Waals surface area contributed by atoms with Crippen LogP contribution < -0.4 is 25.4 Å². The van der Waals surface area contributed by atoms with Crippen molar-refractivity contribution >= 4 is 29.5 Å². The molecule has 0 radical (unpaired) electrons. The van der Waals surface area contributed by atoms with Gasteiger partial charge in [0.25, 0.3) is 12.4 Å². The SMILES string of the molecule is CCc1c(C(=O)NCC2CCN(CC3CNC3)CC2)ccc(Nc2nccn3c(-c4ccc(OC(F)F)c(F)c4F)cnc23)c1OC=O. The van der Waals surface area contributed by atoms with Crippen molar-refractivity contribution in [3.05, 3.63) is 65.6 Å². The van der Waals surface area contributed by atoms with Gasteiger partial charge >= 0.3 is 6.61 Å². The van der Waals surface area contributed by atoms with Crippen LogP contribution in [0.15, 0.2) is 42.9 Å². The van der Waals surface area contributed by atoms with Gasteiger partial charge in [0.15, 0.2) is 28.8 Å². The number of carbonyl (C=O) groups excluding carboxylic acids is 2. The normalized spacial score (nSPS) is 15.8. The molecule has 11 nitrogen and oxygen atoms in total. The number of carbonyl (C=O) groups is 2. The summed E-state index contributed by atoms with van der Waals surface area (Å²) in [5.41, 5.74) is 1.27. The Labute approximate surface area is 273 Å². The maximum absolute atomic E-state index is 14.9. The van der Waals surface area contributed by atoms with Gasteiger partial charge < -0.3 is 30.3 Å². The molecule has 3 N–H and O–H groups in total. The molecule has 6 rings (SSSR count). The number of halogens is 4. The fraction of sp³-hybridized carbons (Fsp3) is 0.394. The molecule has 0 aliphatic carbocycles. The van der Waals surface area contributed by atoms with Crippen molar-refractivity contribution < 1.29 is 36.6 Å². The average Bonchev–Trinajstić information content (AvgIpc) is 3.50. The highest BCUT2D eigenvalue weighted by molar-refractivity contribution is 5.97. The van der Waals surface area contributed by atoms with E-state index in [9.17, 15) is 27.2 Å². The molecule has 2 aliphatic heterocycles. The second kappa shape index (κ2) is 14.6. The number of nitrogens with one attached hydrogen (secondary N) is 3. The first-order valence-corrected chi connectivity index (χ1v) is 15.8. The molecule has 0 saturated carbocycles. The topological polar surface area (TPSA) is 122 Å². The van der Waals surface area contributed by atoms with E-state index in [1.807, 2.05) is 6.92 Å². The summed E-state index contributed by atoms with van der Waals surface area (Å²) in [5.74, 6) is -2.73. The summed E-state index contributed by atoms with van der Waals surface area (Å²) >= 11 is 0. The Morgan fingerprint density at radius 3 is 2.58 bits per heavy atom. The molecule has 0 unspecified atom stereocenters. The summed E-state index contributed by atoms with van der Waals surface area (Å²) in [5, 5.41) is 9.46. The molecule has 2 fully saturated rings. The summed E-state index contributed by atoms with van der Waals surface area (Å²) in [7, 11) is 0. The summed E-state index contributed by atoms with van der Waals surface area (Å²) in [6, 6.07) is 5.25. The Hall–Kier alpha value is -4.76. The molecule has 0 bridgehead atoms.